The highest BCUT2D eigenvalue weighted by Gasteiger charge is 2.30. The molecule has 2 aromatic heterocycles. The number of amides is 1. The third kappa shape index (κ3) is 4.40. The van der Waals surface area contributed by atoms with Crippen molar-refractivity contribution in [3.63, 3.8) is 0 Å². The second-order valence-corrected chi connectivity index (χ2v) is 7.53. The summed E-state index contributed by atoms with van der Waals surface area (Å²) < 4.78 is 38.7. The number of hydrogen-bond donors (Lipinski definition) is 1. The van der Waals surface area contributed by atoms with Gasteiger partial charge in [-0.3, -0.25) is 4.79 Å². The van der Waals surface area contributed by atoms with Crippen LogP contribution < -0.4 is 10.2 Å². The average molecular weight is 418 g/mol. The molecule has 1 amide bonds. The van der Waals surface area contributed by atoms with E-state index in [0.717, 1.165) is 55.2 Å². The van der Waals surface area contributed by atoms with Gasteiger partial charge in [0.15, 0.2) is 0 Å². The van der Waals surface area contributed by atoms with Crippen LogP contribution in [0.25, 0.3) is 10.6 Å². The van der Waals surface area contributed by atoms with Gasteiger partial charge in [0.2, 0.25) is 0 Å². The maximum absolute atomic E-state index is 12.9. The summed E-state index contributed by atoms with van der Waals surface area (Å²) in [5.41, 5.74) is 0.249. The Morgan fingerprint density at radius 1 is 1.14 bits per heavy atom. The van der Waals surface area contributed by atoms with Crippen molar-refractivity contribution in [3.05, 3.63) is 59.2 Å². The number of pyridine rings is 1. The predicted molar refractivity (Wildman–Crippen MR) is 106 cm³/mol. The fraction of sp³-hybridized carbons (Fsp3) is 0.250. The number of thiazole rings is 1. The highest BCUT2D eigenvalue weighted by atomic mass is 32.1. The molecule has 1 N–H and O–H groups in total. The lowest BCUT2D eigenvalue weighted by molar-refractivity contribution is -0.137. The molecular weight excluding hydrogens is 401 g/mol. The minimum Gasteiger partial charge on any atom is -0.357 e. The lowest BCUT2D eigenvalue weighted by Gasteiger charge is -2.16. The van der Waals surface area contributed by atoms with E-state index in [1.807, 2.05) is 6.07 Å². The second kappa shape index (κ2) is 7.82. The summed E-state index contributed by atoms with van der Waals surface area (Å²) in [6.45, 7) is 1.96. The predicted octanol–water partition coefficient (Wildman–Crippen LogP) is 5.08. The Morgan fingerprint density at radius 2 is 1.93 bits per heavy atom. The van der Waals surface area contributed by atoms with E-state index in [1.54, 1.807) is 12.3 Å². The van der Waals surface area contributed by atoms with Gasteiger partial charge < -0.3 is 10.2 Å². The van der Waals surface area contributed by atoms with Gasteiger partial charge in [0.1, 0.15) is 16.5 Å². The molecule has 1 saturated heterocycles. The van der Waals surface area contributed by atoms with Crippen molar-refractivity contribution in [2.75, 3.05) is 23.3 Å². The number of carbonyl (C=O) groups excluding carboxylic acids is 1. The molecular formula is C20H17F3N4OS. The summed E-state index contributed by atoms with van der Waals surface area (Å²) in [5, 5.41) is 4.60. The van der Waals surface area contributed by atoms with Gasteiger partial charge in [0.25, 0.3) is 5.91 Å². The van der Waals surface area contributed by atoms with E-state index < -0.39 is 17.6 Å². The van der Waals surface area contributed by atoms with E-state index in [-0.39, 0.29) is 5.69 Å². The average Bonchev–Trinajstić information content (AvgIpc) is 3.40. The third-order valence-corrected chi connectivity index (χ3v) is 5.50. The molecule has 0 spiro atoms. The quantitative estimate of drug-likeness (QED) is 0.642. The largest absolute Gasteiger partial charge is 0.416 e. The first-order chi connectivity index (χ1) is 13.9. The van der Waals surface area contributed by atoms with E-state index in [9.17, 15) is 18.0 Å². The minimum atomic E-state index is -4.43. The van der Waals surface area contributed by atoms with Gasteiger partial charge in [-0.05, 0) is 37.1 Å². The SMILES string of the molecule is O=C(Nc1ccc(N2CCCC2)nc1)c1csc(-c2cccc(C(F)(F)F)c2)n1. The Bertz CT molecular complexity index is 1010. The van der Waals surface area contributed by atoms with E-state index >= 15 is 0 Å². The van der Waals surface area contributed by atoms with Gasteiger partial charge in [0.05, 0.1) is 17.4 Å². The number of aromatic nitrogens is 2. The molecule has 4 rings (SSSR count). The number of anilines is 2. The lowest BCUT2D eigenvalue weighted by Crippen LogP contribution is -2.19. The number of alkyl halides is 3. The molecule has 1 aliphatic rings. The van der Waals surface area contributed by atoms with Crippen LogP contribution in [0.3, 0.4) is 0 Å². The van der Waals surface area contributed by atoms with E-state index in [2.05, 4.69) is 20.2 Å². The van der Waals surface area contributed by atoms with Crippen LogP contribution in [-0.2, 0) is 6.18 Å². The van der Waals surface area contributed by atoms with Crippen molar-refractivity contribution in [1.29, 1.82) is 0 Å². The maximum atomic E-state index is 12.9. The molecule has 0 saturated carbocycles. The number of rotatable bonds is 4. The van der Waals surface area contributed by atoms with Crippen LogP contribution in [0, 0.1) is 0 Å². The molecule has 0 atom stereocenters. The van der Waals surface area contributed by atoms with Crippen molar-refractivity contribution in [1.82, 2.24) is 9.97 Å². The Hall–Kier alpha value is -2.94. The molecule has 1 fully saturated rings. The Kier molecular flexibility index (Phi) is 5.23. The minimum absolute atomic E-state index is 0.144. The van der Waals surface area contributed by atoms with Crippen LogP contribution in [0.2, 0.25) is 0 Å². The van der Waals surface area contributed by atoms with Crippen molar-refractivity contribution >= 4 is 28.7 Å². The van der Waals surface area contributed by atoms with Gasteiger partial charge in [-0.25, -0.2) is 9.97 Å². The number of nitrogens with one attached hydrogen (secondary N) is 1. The van der Waals surface area contributed by atoms with E-state index in [4.69, 9.17) is 0 Å². The van der Waals surface area contributed by atoms with Crippen molar-refractivity contribution in [3.8, 4) is 10.6 Å². The zero-order valence-electron chi connectivity index (χ0n) is 15.2. The summed E-state index contributed by atoms with van der Waals surface area (Å²) in [5.74, 6) is 0.441. The number of benzene rings is 1. The van der Waals surface area contributed by atoms with Crippen LogP contribution in [0.5, 0.6) is 0 Å². The van der Waals surface area contributed by atoms with Gasteiger partial charge >= 0.3 is 6.18 Å². The first kappa shape index (κ1) is 19.4. The van der Waals surface area contributed by atoms with Crippen LogP contribution in [0.1, 0.15) is 28.9 Å². The molecule has 9 heteroatoms. The number of hydrogen-bond acceptors (Lipinski definition) is 5. The molecule has 150 valence electrons. The molecule has 1 aliphatic heterocycles. The third-order valence-electron chi connectivity index (χ3n) is 4.61. The molecule has 0 bridgehead atoms. The first-order valence-corrected chi connectivity index (χ1v) is 9.94. The Morgan fingerprint density at radius 3 is 2.62 bits per heavy atom. The van der Waals surface area contributed by atoms with Crippen molar-refractivity contribution in [2.24, 2.45) is 0 Å². The van der Waals surface area contributed by atoms with Gasteiger partial charge in [-0.2, -0.15) is 13.2 Å². The second-order valence-electron chi connectivity index (χ2n) is 6.67. The monoisotopic (exact) mass is 418 g/mol. The summed E-state index contributed by atoms with van der Waals surface area (Å²) in [6, 6.07) is 8.53. The van der Waals surface area contributed by atoms with Crippen molar-refractivity contribution in [2.45, 2.75) is 19.0 Å². The molecule has 0 aliphatic carbocycles. The zero-order chi connectivity index (χ0) is 20.4. The van der Waals surface area contributed by atoms with Gasteiger partial charge in [0, 0.05) is 24.0 Å². The fourth-order valence-electron chi connectivity index (χ4n) is 3.13. The number of carbonyl (C=O) groups is 1. The van der Waals surface area contributed by atoms with Crippen LogP contribution in [0.4, 0.5) is 24.7 Å². The van der Waals surface area contributed by atoms with Gasteiger partial charge in [-0.15, -0.1) is 11.3 Å². The standard InChI is InChI=1S/C20H17F3N4OS/c21-20(22,23)14-5-3-4-13(10-14)19-26-16(12-29-19)18(28)25-15-6-7-17(24-11-15)27-8-1-2-9-27/h3-7,10-12H,1-2,8-9H2,(H,25,28). The first-order valence-electron chi connectivity index (χ1n) is 9.06. The fourth-order valence-corrected chi connectivity index (χ4v) is 3.92. The summed E-state index contributed by atoms with van der Waals surface area (Å²) in [6.07, 6.45) is -0.538. The Balaban J connectivity index is 1.46. The number of nitrogens with zero attached hydrogens (tertiary/aromatic N) is 3. The summed E-state index contributed by atoms with van der Waals surface area (Å²) >= 11 is 1.12. The molecule has 0 unspecified atom stereocenters. The van der Waals surface area contributed by atoms with Crippen LogP contribution >= 0.6 is 11.3 Å². The smallest absolute Gasteiger partial charge is 0.357 e. The number of halogens is 3. The highest BCUT2D eigenvalue weighted by Crippen LogP contribution is 2.33. The topological polar surface area (TPSA) is 58.1 Å². The van der Waals surface area contributed by atoms with Crippen LogP contribution in [-0.4, -0.2) is 29.0 Å². The summed E-state index contributed by atoms with van der Waals surface area (Å²) in [7, 11) is 0. The van der Waals surface area contributed by atoms with Crippen LogP contribution in [0.15, 0.2) is 48.0 Å². The van der Waals surface area contributed by atoms with E-state index in [1.165, 1.54) is 17.5 Å². The molecule has 3 aromatic rings. The van der Waals surface area contributed by atoms with Gasteiger partial charge in [-0.1, -0.05) is 12.1 Å². The zero-order valence-corrected chi connectivity index (χ0v) is 16.1. The van der Waals surface area contributed by atoms with Crippen molar-refractivity contribution < 1.29 is 18.0 Å². The molecule has 3 heterocycles. The lowest BCUT2D eigenvalue weighted by atomic mass is 10.1. The molecule has 5 nitrogen and oxygen atoms in total. The molecule has 0 radical (unpaired) electrons. The maximum Gasteiger partial charge on any atom is 0.416 e. The molecule has 1 aromatic carbocycles. The molecule has 29 heavy (non-hydrogen) atoms. The van der Waals surface area contributed by atoms with E-state index in [0.29, 0.717) is 16.3 Å². The normalized spacial score (nSPS) is 14.2. The Labute approximate surface area is 169 Å². The summed E-state index contributed by atoms with van der Waals surface area (Å²) in [4.78, 5) is 23.2. The highest BCUT2D eigenvalue weighted by molar-refractivity contribution is 7.13.